The molecule has 0 spiro atoms. The van der Waals surface area contributed by atoms with Gasteiger partial charge in [-0.15, -0.1) is 0 Å². The Hall–Kier alpha value is -1.24. The quantitative estimate of drug-likeness (QED) is 0.536. The van der Waals surface area contributed by atoms with Crippen LogP contribution in [0.15, 0.2) is 24.4 Å². The van der Waals surface area contributed by atoms with Crippen LogP contribution in [-0.4, -0.2) is 39.2 Å². The van der Waals surface area contributed by atoms with Crippen molar-refractivity contribution in [3.63, 3.8) is 0 Å². The van der Waals surface area contributed by atoms with Crippen molar-refractivity contribution in [2.45, 2.75) is 32.9 Å². The van der Waals surface area contributed by atoms with Crippen LogP contribution in [0.25, 0.3) is 0 Å². The number of hydrogen-bond acceptors (Lipinski definition) is 5. The van der Waals surface area contributed by atoms with Crippen molar-refractivity contribution in [3.05, 3.63) is 30.1 Å². The van der Waals surface area contributed by atoms with Gasteiger partial charge in [-0.05, 0) is 32.9 Å². The molecule has 1 heterocycles. The molecule has 1 radical (unpaired) electrons. The molecule has 1 aromatic heterocycles. The highest BCUT2D eigenvalue weighted by Crippen LogP contribution is 2.05. The van der Waals surface area contributed by atoms with Gasteiger partial charge < -0.3 is 13.6 Å². The molecule has 19 heavy (non-hydrogen) atoms. The number of aromatic nitrogens is 1. The number of nitrogens with zero attached hydrogens (tertiary/aromatic N) is 1. The fourth-order valence-electron chi connectivity index (χ4n) is 1.50. The number of esters is 1. The summed E-state index contributed by atoms with van der Waals surface area (Å²) in [6, 6.07) is 5.44. The van der Waals surface area contributed by atoms with Gasteiger partial charge in [0, 0.05) is 19.4 Å². The van der Waals surface area contributed by atoms with Gasteiger partial charge in [0.1, 0.15) is 5.73 Å². The van der Waals surface area contributed by atoms with E-state index < -0.39 is 9.28 Å². The number of ether oxygens (including phenoxy) is 1. The molecule has 1 aromatic rings. The van der Waals surface area contributed by atoms with Gasteiger partial charge in [-0.25, -0.2) is 0 Å². The average Bonchev–Trinajstić information content (AvgIpc) is 2.39. The molecular weight excluding hydrogens is 262 g/mol. The van der Waals surface area contributed by atoms with E-state index >= 15 is 0 Å². The monoisotopic (exact) mass is 282 g/mol. The van der Waals surface area contributed by atoms with Crippen molar-refractivity contribution >= 4 is 15.3 Å². The third-order valence-electron chi connectivity index (χ3n) is 2.26. The molecule has 1 unspecified atom stereocenters. The summed E-state index contributed by atoms with van der Waals surface area (Å²) < 4.78 is 16.3. The summed E-state index contributed by atoms with van der Waals surface area (Å²) in [4.78, 5) is 15.9. The summed E-state index contributed by atoms with van der Waals surface area (Å²) in [6.07, 6.45) is 1.82. The fraction of sp³-hybridized carbons (Fsp3) is 0.538. The molecule has 0 aliphatic rings. The normalized spacial score (nSPS) is 12.4. The van der Waals surface area contributed by atoms with Gasteiger partial charge in [0.2, 0.25) is 0 Å². The second kappa shape index (κ2) is 8.79. The molecule has 1 rings (SSSR count). The molecule has 1 atom stereocenters. The molecule has 0 aromatic carbocycles. The van der Waals surface area contributed by atoms with Crippen LogP contribution >= 0.6 is 0 Å². The molecule has 0 aliphatic heterocycles. The Kier molecular flexibility index (Phi) is 7.31. The third kappa shape index (κ3) is 5.95. The number of carbonyl (C=O) groups excluding carboxylic acids is 1. The minimum Gasteiger partial charge on any atom is -0.461 e. The highest BCUT2D eigenvalue weighted by atomic mass is 28.3. The van der Waals surface area contributed by atoms with Crippen LogP contribution in [0.1, 0.15) is 26.5 Å². The first-order valence-corrected chi connectivity index (χ1v) is 7.78. The largest absolute Gasteiger partial charge is 0.461 e. The van der Waals surface area contributed by atoms with Crippen molar-refractivity contribution in [1.82, 2.24) is 4.98 Å². The maximum atomic E-state index is 11.8. The Morgan fingerprint density at radius 3 is 2.53 bits per heavy atom. The summed E-state index contributed by atoms with van der Waals surface area (Å²) in [5, 5.41) is 0. The summed E-state index contributed by atoms with van der Waals surface area (Å²) in [6.45, 7) is 6.70. The molecule has 0 saturated carbocycles. The molecule has 6 heteroatoms. The Balaban J connectivity index is 2.45. The van der Waals surface area contributed by atoms with Gasteiger partial charge in [-0.1, -0.05) is 6.07 Å². The van der Waals surface area contributed by atoms with Crippen molar-refractivity contribution in [3.8, 4) is 0 Å². The smallest absolute Gasteiger partial charge is 0.429 e. The molecule has 0 aliphatic carbocycles. The first-order chi connectivity index (χ1) is 9.17. The van der Waals surface area contributed by atoms with Gasteiger partial charge in [-0.3, -0.25) is 9.78 Å². The van der Waals surface area contributed by atoms with Crippen molar-refractivity contribution in [1.29, 1.82) is 0 Å². The van der Waals surface area contributed by atoms with E-state index in [0.29, 0.717) is 18.9 Å². The van der Waals surface area contributed by atoms with Gasteiger partial charge >= 0.3 is 15.3 Å². The molecule has 0 N–H and O–H groups in total. The number of rotatable bonds is 8. The topological polar surface area (TPSA) is 57.7 Å². The average molecular weight is 282 g/mol. The fourth-order valence-corrected chi connectivity index (χ4v) is 2.85. The van der Waals surface area contributed by atoms with Crippen molar-refractivity contribution in [2.75, 3.05) is 13.2 Å². The zero-order chi connectivity index (χ0) is 14.1. The molecular formula is C13H20NO4Si. The number of carbonyl (C=O) groups is 1. The van der Waals surface area contributed by atoms with E-state index in [2.05, 4.69) is 4.98 Å². The standard InChI is InChI=1S/C13H20NO4Si/c1-4-16-19(17-5-2)11(3)18-13(15)10-12-8-6-7-9-14-12/h6-9,11H,4-5,10H2,1-3H3. The van der Waals surface area contributed by atoms with E-state index in [1.165, 1.54) is 0 Å². The summed E-state index contributed by atoms with van der Waals surface area (Å²) >= 11 is 0. The highest BCUT2D eigenvalue weighted by Gasteiger charge is 2.27. The molecule has 105 valence electrons. The minimum absolute atomic E-state index is 0.165. The molecule has 0 amide bonds. The maximum absolute atomic E-state index is 11.8. The van der Waals surface area contributed by atoms with Crippen LogP contribution in [-0.2, 0) is 24.8 Å². The zero-order valence-corrected chi connectivity index (χ0v) is 12.6. The van der Waals surface area contributed by atoms with E-state index in [1.54, 1.807) is 19.2 Å². The predicted molar refractivity (Wildman–Crippen MR) is 72.5 cm³/mol. The maximum Gasteiger partial charge on any atom is 0.429 e. The Morgan fingerprint density at radius 2 is 2.00 bits per heavy atom. The molecule has 0 saturated heterocycles. The van der Waals surface area contributed by atoms with E-state index in [-0.39, 0.29) is 18.1 Å². The highest BCUT2D eigenvalue weighted by molar-refractivity contribution is 6.46. The van der Waals surface area contributed by atoms with Gasteiger partial charge in [0.05, 0.1) is 12.1 Å². The molecule has 0 fully saturated rings. The van der Waals surface area contributed by atoms with Crippen LogP contribution in [0, 0.1) is 0 Å². The van der Waals surface area contributed by atoms with Crippen LogP contribution in [0.3, 0.4) is 0 Å². The lowest BCUT2D eigenvalue weighted by atomic mass is 10.3. The first-order valence-electron chi connectivity index (χ1n) is 6.39. The Morgan fingerprint density at radius 1 is 1.32 bits per heavy atom. The lowest BCUT2D eigenvalue weighted by Crippen LogP contribution is -2.39. The summed E-state index contributed by atoms with van der Waals surface area (Å²) in [5.41, 5.74) is 0.349. The van der Waals surface area contributed by atoms with Gasteiger partial charge in [0.15, 0.2) is 0 Å². The van der Waals surface area contributed by atoms with E-state index in [1.807, 2.05) is 26.0 Å². The molecule has 0 bridgehead atoms. The van der Waals surface area contributed by atoms with Crippen LogP contribution in [0.4, 0.5) is 0 Å². The van der Waals surface area contributed by atoms with Gasteiger partial charge in [-0.2, -0.15) is 0 Å². The van der Waals surface area contributed by atoms with Crippen molar-refractivity contribution < 1.29 is 18.4 Å². The SMILES string of the molecule is CCO[Si](OCC)C(C)OC(=O)Cc1ccccn1. The van der Waals surface area contributed by atoms with E-state index in [0.717, 1.165) is 0 Å². The minimum atomic E-state index is -1.57. The first kappa shape index (κ1) is 15.8. The third-order valence-corrected chi connectivity index (χ3v) is 4.19. The van der Waals surface area contributed by atoms with Crippen LogP contribution in [0.2, 0.25) is 0 Å². The van der Waals surface area contributed by atoms with Crippen LogP contribution in [0.5, 0.6) is 0 Å². The predicted octanol–water partition coefficient (Wildman–Crippen LogP) is 1.66. The lowest BCUT2D eigenvalue weighted by molar-refractivity contribution is -0.145. The number of hydrogen-bond donors (Lipinski definition) is 0. The van der Waals surface area contributed by atoms with Gasteiger partial charge in [0.25, 0.3) is 0 Å². The molecule has 5 nitrogen and oxygen atoms in total. The Bertz CT molecular complexity index is 368. The summed E-state index contributed by atoms with van der Waals surface area (Å²) in [7, 11) is -1.57. The summed E-state index contributed by atoms with van der Waals surface area (Å²) in [5.74, 6) is -0.312. The number of pyridine rings is 1. The second-order valence-corrected chi connectivity index (χ2v) is 5.84. The second-order valence-electron chi connectivity index (χ2n) is 3.82. The van der Waals surface area contributed by atoms with Crippen LogP contribution < -0.4 is 0 Å². The van der Waals surface area contributed by atoms with E-state index in [4.69, 9.17) is 13.6 Å². The Labute approximate surface area is 115 Å². The zero-order valence-electron chi connectivity index (χ0n) is 11.6. The van der Waals surface area contributed by atoms with E-state index in [9.17, 15) is 4.79 Å². The van der Waals surface area contributed by atoms with Crippen molar-refractivity contribution in [2.24, 2.45) is 0 Å². The lowest BCUT2D eigenvalue weighted by Gasteiger charge is -2.20.